The molecule has 1 heterocycles. The first-order chi connectivity index (χ1) is 7.44. The average Bonchev–Trinajstić information content (AvgIpc) is 2.16. The van der Waals surface area contributed by atoms with Gasteiger partial charge in [-0.15, -0.1) is 0 Å². The van der Waals surface area contributed by atoms with Gasteiger partial charge in [-0.2, -0.15) is 0 Å². The minimum Gasteiger partial charge on any atom is -0.383 e. The normalized spacial score (nSPS) is 11.8. The van der Waals surface area contributed by atoms with Crippen molar-refractivity contribution >= 4 is 31.9 Å². The van der Waals surface area contributed by atoms with Crippen molar-refractivity contribution in [2.24, 2.45) is 0 Å². The van der Waals surface area contributed by atoms with Crippen LogP contribution < -0.4 is 5.32 Å². The lowest BCUT2D eigenvalue weighted by molar-refractivity contribution is 0.127. The zero-order valence-corrected chi connectivity index (χ0v) is 12.9. The predicted molar refractivity (Wildman–Crippen MR) is 72.4 cm³/mol. The number of methoxy groups -OCH3 is 1. The molecule has 0 spiro atoms. The Labute approximate surface area is 113 Å². The number of halogens is 2. The molecular weight excluding hydrogens is 336 g/mol. The van der Waals surface area contributed by atoms with Gasteiger partial charge in [-0.05, 0) is 51.8 Å². The number of nitrogens with zero attached hydrogens (tertiary/aromatic N) is 1. The summed E-state index contributed by atoms with van der Waals surface area (Å²) < 4.78 is 7.12. The van der Waals surface area contributed by atoms with E-state index in [0.29, 0.717) is 13.2 Å². The molecule has 0 unspecified atom stereocenters. The molecule has 1 N–H and O–H groups in total. The fourth-order valence-electron chi connectivity index (χ4n) is 1.31. The van der Waals surface area contributed by atoms with E-state index in [1.165, 1.54) is 0 Å². The summed E-state index contributed by atoms with van der Waals surface area (Å²) in [6.07, 6.45) is 1.80. The van der Waals surface area contributed by atoms with Crippen LogP contribution in [0.1, 0.15) is 19.5 Å². The van der Waals surface area contributed by atoms with E-state index in [2.05, 4.69) is 56.0 Å². The Morgan fingerprint density at radius 3 is 2.69 bits per heavy atom. The van der Waals surface area contributed by atoms with Crippen molar-refractivity contribution in [2.75, 3.05) is 13.7 Å². The molecule has 1 aromatic heterocycles. The minimum atomic E-state index is -0.0526. The van der Waals surface area contributed by atoms with Crippen molar-refractivity contribution in [3.63, 3.8) is 0 Å². The topological polar surface area (TPSA) is 34.1 Å². The highest BCUT2D eigenvalue weighted by Gasteiger charge is 2.17. The molecule has 0 atom stereocenters. The number of hydrogen-bond donors (Lipinski definition) is 1. The Hall–Kier alpha value is 0.0300. The molecule has 0 aliphatic heterocycles. The lowest BCUT2D eigenvalue weighted by Gasteiger charge is -2.25. The van der Waals surface area contributed by atoms with E-state index in [-0.39, 0.29) is 5.54 Å². The van der Waals surface area contributed by atoms with Crippen molar-refractivity contribution in [3.05, 3.63) is 26.9 Å². The summed E-state index contributed by atoms with van der Waals surface area (Å²) in [7, 11) is 1.71. The van der Waals surface area contributed by atoms with Crippen LogP contribution in [0.3, 0.4) is 0 Å². The summed E-state index contributed by atoms with van der Waals surface area (Å²) >= 11 is 6.87. The SMILES string of the molecule is COCC(C)(C)NCc1ncc(Br)cc1Br. The number of aromatic nitrogens is 1. The van der Waals surface area contributed by atoms with Crippen molar-refractivity contribution in [2.45, 2.75) is 25.9 Å². The lowest BCUT2D eigenvalue weighted by atomic mass is 10.1. The molecular formula is C11H16Br2N2O. The van der Waals surface area contributed by atoms with Gasteiger partial charge in [0.2, 0.25) is 0 Å². The molecule has 0 radical (unpaired) electrons. The van der Waals surface area contributed by atoms with Crippen LogP contribution in [0, 0.1) is 0 Å². The maximum Gasteiger partial charge on any atom is 0.0684 e. The van der Waals surface area contributed by atoms with Gasteiger partial charge < -0.3 is 10.1 Å². The van der Waals surface area contributed by atoms with E-state index in [9.17, 15) is 0 Å². The van der Waals surface area contributed by atoms with Gasteiger partial charge >= 0.3 is 0 Å². The largest absolute Gasteiger partial charge is 0.383 e. The van der Waals surface area contributed by atoms with E-state index in [0.717, 1.165) is 14.6 Å². The highest BCUT2D eigenvalue weighted by molar-refractivity contribution is 9.11. The average molecular weight is 352 g/mol. The predicted octanol–water partition coefficient (Wildman–Crippen LogP) is 3.12. The second-order valence-electron chi connectivity index (χ2n) is 4.25. The summed E-state index contributed by atoms with van der Waals surface area (Å²) in [5.41, 5.74) is 0.940. The highest BCUT2D eigenvalue weighted by Crippen LogP contribution is 2.19. The quantitative estimate of drug-likeness (QED) is 0.884. The van der Waals surface area contributed by atoms with Crippen LogP contribution >= 0.6 is 31.9 Å². The second kappa shape index (κ2) is 6.10. The van der Waals surface area contributed by atoms with Gasteiger partial charge in [-0.1, -0.05) is 0 Å². The molecule has 16 heavy (non-hydrogen) atoms. The molecule has 0 aliphatic carbocycles. The summed E-state index contributed by atoms with van der Waals surface area (Å²) in [4.78, 5) is 4.34. The molecule has 0 bridgehead atoms. The third-order valence-electron chi connectivity index (χ3n) is 2.12. The molecule has 90 valence electrons. The first-order valence-electron chi connectivity index (χ1n) is 4.98. The molecule has 0 aromatic carbocycles. The smallest absolute Gasteiger partial charge is 0.0684 e. The first-order valence-corrected chi connectivity index (χ1v) is 6.57. The minimum absolute atomic E-state index is 0.0526. The first kappa shape index (κ1) is 14.1. The molecule has 5 heteroatoms. The van der Waals surface area contributed by atoms with Gasteiger partial charge in [0.15, 0.2) is 0 Å². The van der Waals surface area contributed by atoms with Crippen LogP contribution in [-0.2, 0) is 11.3 Å². The van der Waals surface area contributed by atoms with Crippen LogP contribution in [0.25, 0.3) is 0 Å². The number of pyridine rings is 1. The summed E-state index contributed by atoms with van der Waals surface area (Å²) in [5.74, 6) is 0. The van der Waals surface area contributed by atoms with E-state index in [1.807, 2.05) is 6.07 Å². The van der Waals surface area contributed by atoms with E-state index in [4.69, 9.17) is 4.74 Å². The fraction of sp³-hybridized carbons (Fsp3) is 0.545. The maximum absolute atomic E-state index is 5.14. The zero-order chi connectivity index (χ0) is 12.2. The molecule has 0 fully saturated rings. The van der Waals surface area contributed by atoms with Crippen molar-refractivity contribution < 1.29 is 4.74 Å². The summed E-state index contributed by atoms with van der Waals surface area (Å²) in [6, 6.07) is 1.99. The van der Waals surface area contributed by atoms with Crippen LogP contribution in [0.5, 0.6) is 0 Å². The maximum atomic E-state index is 5.14. The number of ether oxygens (including phenoxy) is 1. The van der Waals surface area contributed by atoms with Gasteiger partial charge in [0.05, 0.1) is 12.3 Å². The number of hydrogen-bond acceptors (Lipinski definition) is 3. The number of nitrogens with one attached hydrogen (secondary N) is 1. The third-order valence-corrected chi connectivity index (χ3v) is 3.24. The molecule has 0 amide bonds. The van der Waals surface area contributed by atoms with Crippen molar-refractivity contribution in [1.82, 2.24) is 10.3 Å². The standard InChI is InChI=1S/C11H16Br2N2O/c1-11(2,7-16-3)15-6-10-9(13)4-8(12)5-14-10/h4-5,15H,6-7H2,1-3H3. The molecule has 0 aliphatic rings. The van der Waals surface area contributed by atoms with E-state index in [1.54, 1.807) is 13.3 Å². The monoisotopic (exact) mass is 350 g/mol. The Balaban J connectivity index is 2.61. The highest BCUT2D eigenvalue weighted by atomic mass is 79.9. The Morgan fingerprint density at radius 2 is 2.12 bits per heavy atom. The van der Waals surface area contributed by atoms with Crippen molar-refractivity contribution in [3.8, 4) is 0 Å². The van der Waals surface area contributed by atoms with Gasteiger partial charge in [-0.25, -0.2) is 0 Å². The Morgan fingerprint density at radius 1 is 1.44 bits per heavy atom. The third kappa shape index (κ3) is 4.49. The van der Waals surface area contributed by atoms with Gasteiger partial charge in [0, 0.05) is 34.3 Å². The van der Waals surface area contributed by atoms with Crippen LogP contribution in [0.2, 0.25) is 0 Å². The Bertz CT molecular complexity index is 356. The van der Waals surface area contributed by atoms with Crippen LogP contribution in [0.15, 0.2) is 21.2 Å². The van der Waals surface area contributed by atoms with E-state index < -0.39 is 0 Å². The molecule has 1 rings (SSSR count). The van der Waals surface area contributed by atoms with Gasteiger partial charge in [0.25, 0.3) is 0 Å². The Kier molecular flexibility index (Phi) is 5.37. The van der Waals surface area contributed by atoms with Crippen molar-refractivity contribution in [1.29, 1.82) is 0 Å². The summed E-state index contributed by atoms with van der Waals surface area (Å²) in [5, 5.41) is 3.40. The van der Waals surface area contributed by atoms with Crippen LogP contribution in [-0.4, -0.2) is 24.2 Å². The molecule has 3 nitrogen and oxygen atoms in total. The van der Waals surface area contributed by atoms with Gasteiger partial charge in [-0.3, -0.25) is 4.98 Å². The molecule has 1 aromatic rings. The summed E-state index contributed by atoms with van der Waals surface area (Å²) in [6.45, 7) is 5.58. The molecule has 0 saturated heterocycles. The lowest BCUT2D eigenvalue weighted by Crippen LogP contribution is -2.42. The number of rotatable bonds is 5. The zero-order valence-electron chi connectivity index (χ0n) is 9.68. The second-order valence-corrected chi connectivity index (χ2v) is 6.02. The van der Waals surface area contributed by atoms with Gasteiger partial charge in [0.1, 0.15) is 0 Å². The fourth-order valence-corrected chi connectivity index (χ4v) is 2.44. The van der Waals surface area contributed by atoms with E-state index >= 15 is 0 Å². The van der Waals surface area contributed by atoms with Crippen LogP contribution in [0.4, 0.5) is 0 Å². The molecule has 0 saturated carbocycles.